The zero-order valence-electron chi connectivity index (χ0n) is 18.0. The van der Waals surface area contributed by atoms with Gasteiger partial charge < -0.3 is 16.2 Å². The molecular formula is C21H30N4O4S2. The number of hydrogen-bond donors (Lipinski definition) is 4. The Morgan fingerprint density at radius 2 is 1.94 bits per heavy atom. The van der Waals surface area contributed by atoms with Gasteiger partial charge in [0.05, 0.1) is 14.8 Å². The van der Waals surface area contributed by atoms with Crippen LogP contribution in [-0.2, 0) is 16.6 Å². The van der Waals surface area contributed by atoms with Gasteiger partial charge in [0.15, 0.2) is 0 Å². The second-order valence-electron chi connectivity index (χ2n) is 8.95. The van der Waals surface area contributed by atoms with Crippen molar-refractivity contribution in [3.8, 4) is 10.4 Å². The number of thiazole rings is 1. The molecule has 1 heterocycles. The van der Waals surface area contributed by atoms with Crippen LogP contribution < -0.4 is 15.8 Å². The van der Waals surface area contributed by atoms with Crippen LogP contribution in [-0.4, -0.2) is 36.2 Å². The summed E-state index contributed by atoms with van der Waals surface area (Å²) >= 11 is 1.50. The van der Waals surface area contributed by atoms with Crippen LogP contribution in [0.1, 0.15) is 62.9 Å². The van der Waals surface area contributed by atoms with E-state index in [9.17, 15) is 13.2 Å². The van der Waals surface area contributed by atoms with Crippen LogP contribution in [0.2, 0.25) is 0 Å². The maximum atomic E-state index is 13.1. The zero-order chi connectivity index (χ0) is 22.8. The van der Waals surface area contributed by atoms with Crippen LogP contribution in [0.5, 0.6) is 0 Å². The van der Waals surface area contributed by atoms with Crippen molar-refractivity contribution in [3.05, 3.63) is 35.0 Å². The minimum absolute atomic E-state index is 0.0165. The van der Waals surface area contributed by atoms with E-state index in [-0.39, 0.29) is 23.4 Å². The number of sulfonamides is 1. The second kappa shape index (κ2) is 9.23. The maximum absolute atomic E-state index is 13.1. The molecule has 0 saturated heterocycles. The quantitative estimate of drug-likeness (QED) is 0.513. The third-order valence-corrected chi connectivity index (χ3v) is 8.20. The second-order valence-corrected chi connectivity index (χ2v) is 11.7. The summed E-state index contributed by atoms with van der Waals surface area (Å²) in [5.41, 5.74) is 6.49. The molecule has 0 radical (unpaired) electrons. The zero-order valence-corrected chi connectivity index (χ0v) is 19.6. The third kappa shape index (κ3) is 6.03. The first-order valence-electron chi connectivity index (χ1n) is 10.3. The van der Waals surface area contributed by atoms with Crippen LogP contribution in [0.15, 0.2) is 29.3 Å². The molecule has 2 aromatic rings. The highest BCUT2D eigenvalue weighted by molar-refractivity contribution is 7.89. The number of benzene rings is 1. The molecule has 0 bridgehead atoms. The van der Waals surface area contributed by atoms with Crippen molar-refractivity contribution in [1.82, 2.24) is 15.0 Å². The van der Waals surface area contributed by atoms with Gasteiger partial charge in [-0.1, -0.05) is 12.1 Å². The van der Waals surface area contributed by atoms with Crippen molar-refractivity contribution in [2.75, 3.05) is 0 Å². The summed E-state index contributed by atoms with van der Waals surface area (Å²) in [6, 6.07) is 5.25. The van der Waals surface area contributed by atoms with Gasteiger partial charge in [-0.2, -0.15) is 0 Å². The summed E-state index contributed by atoms with van der Waals surface area (Å²) in [6.45, 7) is 5.66. The van der Waals surface area contributed by atoms with Crippen molar-refractivity contribution in [1.29, 1.82) is 0 Å². The topological polar surface area (TPSA) is 134 Å². The van der Waals surface area contributed by atoms with Gasteiger partial charge in [-0.05, 0) is 58.1 Å². The van der Waals surface area contributed by atoms with Gasteiger partial charge in [-0.3, -0.25) is 0 Å². The normalized spacial score (nSPS) is 19.9. The Kier molecular flexibility index (Phi) is 7.04. The summed E-state index contributed by atoms with van der Waals surface area (Å²) < 4.78 is 29.0. The lowest BCUT2D eigenvalue weighted by Crippen LogP contribution is -2.40. The van der Waals surface area contributed by atoms with Gasteiger partial charge in [-0.25, -0.2) is 22.9 Å². The summed E-state index contributed by atoms with van der Waals surface area (Å²) in [4.78, 5) is 16.4. The highest BCUT2D eigenvalue weighted by Crippen LogP contribution is 2.39. The minimum Gasteiger partial charge on any atom is -0.465 e. The Balaban J connectivity index is 1.88. The molecule has 0 unspecified atom stereocenters. The maximum Gasteiger partial charge on any atom is 0.404 e. The number of rotatable bonds is 6. The van der Waals surface area contributed by atoms with E-state index in [0.717, 1.165) is 41.1 Å². The van der Waals surface area contributed by atoms with Crippen molar-refractivity contribution in [2.45, 2.75) is 75.4 Å². The number of aromatic nitrogens is 1. The predicted molar refractivity (Wildman–Crippen MR) is 122 cm³/mol. The molecule has 1 aliphatic carbocycles. The van der Waals surface area contributed by atoms with Crippen LogP contribution in [0, 0.1) is 0 Å². The number of carbonyl (C=O) groups is 1. The molecule has 1 fully saturated rings. The van der Waals surface area contributed by atoms with Crippen LogP contribution in [0.25, 0.3) is 10.4 Å². The lowest BCUT2D eigenvalue weighted by Gasteiger charge is -2.27. The van der Waals surface area contributed by atoms with E-state index < -0.39 is 21.7 Å². The lowest BCUT2D eigenvalue weighted by atomic mass is 9.86. The van der Waals surface area contributed by atoms with E-state index in [0.29, 0.717) is 5.56 Å². The number of nitrogens with zero attached hydrogens (tertiary/aromatic N) is 1. The molecule has 0 atom stereocenters. The Morgan fingerprint density at radius 1 is 1.26 bits per heavy atom. The molecular weight excluding hydrogens is 436 g/mol. The Hall–Kier alpha value is -2.01. The molecule has 5 N–H and O–H groups in total. The Morgan fingerprint density at radius 3 is 2.52 bits per heavy atom. The summed E-state index contributed by atoms with van der Waals surface area (Å²) in [6.07, 6.45) is 3.98. The monoisotopic (exact) mass is 466 g/mol. The van der Waals surface area contributed by atoms with Gasteiger partial charge >= 0.3 is 6.09 Å². The number of carboxylic acid groups (broad SMARTS) is 1. The van der Waals surface area contributed by atoms with Crippen molar-refractivity contribution in [3.63, 3.8) is 0 Å². The number of hydrogen-bond acceptors (Lipinski definition) is 6. The molecule has 1 aliphatic rings. The largest absolute Gasteiger partial charge is 0.465 e. The average molecular weight is 467 g/mol. The van der Waals surface area contributed by atoms with Gasteiger partial charge in [0.1, 0.15) is 0 Å². The summed E-state index contributed by atoms with van der Waals surface area (Å²) in [7, 11) is -3.75. The molecule has 31 heavy (non-hydrogen) atoms. The van der Waals surface area contributed by atoms with Crippen molar-refractivity contribution < 1.29 is 18.3 Å². The SMILES string of the molecule is CC(C)(C)NS(=O)(=O)c1cc(CN)ccc1-c1cnc(C2CCC(NC(=O)O)CC2)s1. The van der Waals surface area contributed by atoms with Gasteiger partial charge in [0, 0.05) is 35.8 Å². The van der Waals surface area contributed by atoms with Crippen molar-refractivity contribution >= 4 is 27.5 Å². The molecule has 1 aromatic heterocycles. The number of nitrogens with one attached hydrogen (secondary N) is 2. The fourth-order valence-electron chi connectivity index (χ4n) is 3.84. The van der Waals surface area contributed by atoms with E-state index in [2.05, 4.69) is 15.0 Å². The van der Waals surface area contributed by atoms with Gasteiger partial charge in [0.2, 0.25) is 10.0 Å². The van der Waals surface area contributed by atoms with E-state index in [1.165, 1.54) is 11.3 Å². The Bertz CT molecular complexity index is 1040. The van der Waals surface area contributed by atoms with Gasteiger partial charge in [0.25, 0.3) is 0 Å². The smallest absolute Gasteiger partial charge is 0.404 e. The van der Waals surface area contributed by atoms with E-state index in [1.807, 2.05) is 6.07 Å². The fourth-order valence-corrected chi connectivity index (χ4v) is 6.72. The Labute approximate surface area is 187 Å². The standard InChI is InChI=1S/C21H30N4O4S2/c1-21(2,3)25-31(28,29)18-10-13(11-22)4-9-16(18)17-12-23-19(30-17)14-5-7-15(8-6-14)24-20(26)27/h4,9-10,12,14-15,24-25H,5-8,11,22H2,1-3H3,(H,26,27). The molecule has 10 heteroatoms. The molecule has 0 spiro atoms. The van der Waals surface area contributed by atoms with Gasteiger partial charge in [-0.15, -0.1) is 11.3 Å². The van der Waals surface area contributed by atoms with Crippen LogP contribution in [0.4, 0.5) is 4.79 Å². The number of amides is 1. The van der Waals surface area contributed by atoms with Crippen LogP contribution >= 0.6 is 11.3 Å². The van der Waals surface area contributed by atoms with E-state index in [1.54, 1.807) is 39.1 Å². The average Bonchev–Trinajstić information content (AvgIpc) is 3.16. The fraction of sp³-hybridized carbons (Fsp3) is 0.524. The third-order valence-electron chi connectivity index (χ3n) is 5.20. The highest BCUT2D eigenvalue weighted by Gasteiger charge is 2.28. The summed E-state index contributed by atoms with van der Waals surface area (Å²) in [5, 5.41) is 12.4. The molecule has 1 saturated carbocycles. The van der Waals surface area contributed by atoms with Crippen LogP contribution in [0.3, 0.4) is 0 Å². The molecule has 170 valence electrons. The van der Waals surface area contributed by atoms with Crippen molar-refractivity contribution in [2.24, 2.45) is 5.73 Å². The molecule has 0 aliphatic heterocycles. The minimum atomic E-state index is -3.75. The molecule has 1 aromatic carbocycles. The molecule has 8 nitrogen and oxygen atoms in total. The first-order chi connectivity index (χ1) is 14.5. The van der Waals surface area contributed by atoms with E-state index in [4.69, 9.17) is 10.8 Å². The van der Waals surface area contributed by atoms with E-state index >= 15 is 0 Å². The highest BCUT2D eigenvalue weighted by atomic mass is 32.2. The lowest BCUT2D eigenvalue weighted by molar-refractivity contribution is 0.185. The number of nitrogens with two attached hydrogens (primary N) is 1. The first-order valence-corrected chi connectivity index (χ1v) is 12.6. The molecule has 3 rings (SSSR count). The molecule has 1 amide bonds. The first kappa shape index (κ1) is 23.6. The summed E-state index contributed by atoms with van der Waals surface area (Å²) in [5.74, 6) is 0.252. The predicted octanol–water partition coefficient (Wildman–Crippen LogP) is 3.64.